The van der Waals surface area contributed by atoms with Crippen LogP contribution in [0.3, 0.4) is 0 Å². The number of carbonyl (C=O) groups is 1. The van der Waals surface area contributed by atoms with E-state index in [1.165, 1.54) is 11.3 Å². The van der Waals surface area contributed by atoms with Gasteiger partial charge >= 0.3 is 5.97 Å². The number of benzene rings is 1. The van der Waals surface area contributed by atoms with E-state index in [9.17, 15) is 4.79 Å². The fourth-order valence-corrected chi connectivity index (χ4v) is 2.35. The highest BCUT2D eigenvalue weighted by atomic mass is 35.5. The summed E-state index contributed by atoms with van der Waals surface area (Å²) in [7, 11) is 0. The summed E-state index contributed by atoms with van der Waals surface area (Å²) in [6.45, 7) is 2.39. The van der Waals surface area contributed by atoms with E-state index in [1.54, 1.807) is 31.2 Å². The average molecular weight is 327 g/mol. The predicted octanol–water partition coefficient (Wildman–Crippen LogP) is 2.94. The van der Waals surface area contributed by atoms with Crippen LogP contribution in [0.1, 0.15) is 17.6 Å². The molecule has 1 heterocycles. The molecule has 0 aliphatic rings. The molecule has 5 nitrogen and oxygen atoms in total. The Kier molecular flexibility index (Phi) is 5.55. The zero-order valence-electron chi connectivity index (χ0n) is 11.4. The first-order valence-electron chi connectivity index (χ1n) is 6.32. The zero-order valence-corrected chi connectivity index (χ0v) is 12.9. The van der Waals surface area contributed by atoms with Crippen molar-refractivity contribution in [3.63, 3.8) is 0 Å². The van der Waals surface area contributed by atoms with Crippen LogP contribution in [0, 0.1) is 0 Å². The van der Waals surface area contributed by atoms with E-state index in [0.29, 0.717) is 18.2 Å². The molecule has 0 radical (unpaired) electrons. The molecule has 0 spiro atoms. The van der Waals surface area contributed by atoms with Crippen LogP contribution < -0.4 is 10.1 Å². The number of carboxylic acid groups (broad SMARTS) is 1. The van der Waals surface area contributed by atoms with Crippen molar-refractivity contribution < 1.29 is 14.6 Å². The van der Waals surface area contributed by atoms with Gasteiger partial charge in [-0.15, -0.1) is 11.3 Å². The van der Waals surface area contributed by atoms with E-state index in [2.05, 4.69) is 10.3 Å². The third-order valence-electron chi connectivity index (χ3n) is 2.74. The van der Waals surface area contributed by atoms with Gasteiger partial charge < -0.3 is 9.84 Å². The molecule has 2 aromatic rings. The highest BCUT2D eigenvalue weighted by molar-refractivity contribution is 7.09. The number of thiazole rings is 1. The molecule has 2 rings (SSSR count). The Morgan fingerprint density at radius 3 is 2.86 bits per heavy atom. The third kappa shape index (κ3) is 5.00. The molecule has 7 heteroatoms. The summed E-state index contributed by atoms with van der Waals surface area (Å²) < 4.78 is 5.60. The molecule has 1 unspecified atom stereocenters. The molecule has 0 saturated carbocycles. The largest absolute Gasteiger partial charge is 0.486 e. The van der Waals surface area contributed by atoms with Crippen molar-refractivity contribution in [2.45, 2.75) is 26.1 Å². The van der Waals surface area contributed by atoms with Gasteiger partial charge in [0, 0.05) is 16.9 Å². The summed E-state index contributed by atoms with van der Waals surface area (Å²) in [6, 6.07) is 6.53. The molecule has 0 bridgehead atoms. The van der Waals surface area contributed by atoms with E-state index in [4.69, 9.17) is 21.4 Å². The van der Waals surface area contributed by atoms with Crippen LogP contribution in [0.15, 0.2) is 29.6 Å². The van der Waals surface area contributed by atoms with Crippen LogP contribution in [-0.4, -0.2) is 22.1 Å². The SMILES string of the molecule is CC(NCc1csc(COc2ccc(Cl)cc2)n1)C(=O)O. The number of hydrogen-bond acceptors (Lipinski definition) is 5. The molecule has 0 saturated heterocycles. The van der Waals surface area contributed by atoms with Crippen molar-refractivity contribution >= 4 is 28.9 Å². The fraction of sp³-hybridized carbons (Fsp3) is 0.286. The van der Waals surface area contributed by atoms with E-state index < -0.39 is 12.0 Å². The van der Waals surface area contributed by atoms with Crippen LogP contribution in [0.5, 0.6) is 5.75 Å². The molecule has 1 atom stereocenters. The number of halogens is 1. The van der Waals surface area contributed by atoms with Crippen LogP contribution in [0.4, 0.5) is 0 Å². The van der Waals surface area contributed by atoms with Crippen molar-refractivity contribution in [1.29, 1.82) is 0 Å². The Bertz CT molecular complexity index is 601. The number of ether oxygens (including phenoxy) is 1. The first kappa shape index (κ1) is 15.8. The predicted molar refractivity (Wildman–Crippen MR) is 81.8 cm³/mol. The fourth-order valence-electron chi connectivity index (χ4n) is 1.52. The second-order valence-corrected chi connectivity index (χ2v) is 5.80. The van der Waals surface area contributed by atoms with Gasteiger partial charge in [-0.1, -0.05) is 11.6 Å². The second kappa shape index (κ2) is 7.40. The molecule has 0 aliphatic heterocycles. The lowest BCUT2D eigenvalue weighted by Crippen LogP contribution is -2.33. The van der Waals surface area contributed by atoms with Crippen LogP contribution in [0.2, 0.25) is 5.02 Å². The zero-order chi connectivity index (χ0) is 15.2. The highest BCUT2D eigenvalue weighted by Crippen LogP contribution is 2.18. The normalized spacial score (nSPS) is 12.1. The highest BCUT2D eigenvalue weighted by Gasteiger charge is 2.10. The van der Waals surface area contributed by atoms with Crippen molar-refractivity contribution in [1.82, 2.24) is 10.3 Å². The van der Waals surface area contributed by atoms with Gasteiger partial charge in [-0.05, 0) is 31.2 Å². The maximum atomic E-state index is 10.7. The minimum absolute atomic E-state index is 0.376. The minimum Gasteiger partial charge on any atom is -0.486 e. The maximum Gasteiger partial charge on any atom is 0.320 e. The summed E-state index contributed by atoms with van der Waals surface area (Å²) in [4.78, 5) is 15.1. The van der Waals surface area contributed by atoms with Gasteiger partial charge in [0.15, 0.2) is 0 Å². The monoisotopic (exact) mass is 326 g/mol. The first-order chi connectivity index (χ1) is 10.0. The van der Waals surface area contributed by atoms with Crippen molar-refractivity contribution in [2.75, 3.05) is 0 Å². The number of rotatable bonds is 7. The molecule has 0 amide bonds. The van der Waals surface area contributed by atoms with E-state index in [0.717, 1.165) is 16.5 Å². The molecule has 1 aromatic carbocycles. The van der Waals surface area contributed by atoms with E-state index >= 15 is 0 Å². The number of hydrogen-bond donors (Lipinski definition) is 2. The van der Waals surface area contributed by atoms with Crippen LogP contribution in [-0.2, 0) is 17.9 Å². The van der Waals surface area contributed by atoms with Gasteiger partial charge in [-0.25, -0.2) is 4.98 Å². The molecule has 2 N–H and O–H groups in total. The molecule has 0 fully saturated rings. The average Bonchev–Trinajstić information content (AvgIpc) is 2.92. The summed E-state index contributed by atoms with van der Waals surface area (Å²) >= 11 is 7.28. The number of aliphatic carboxylic acids is 1. The van der Waals surface area contributed by atoms with E-state index in [-0.39, 0.29) is 0 Å². The van der Waals surface area contributed by atoms with E-state index in [1.807, 2.05) is 5.38 Å². The summed E-state index contributed by atoms with van der Waals surface area (Å²) in [5.74, 6) is -0.148. The third-order valence-corrected chi connectivity index (χ3v) is 3.86. The molecule has 21 heavy (non-hydrogen) atoms. The molecular formula is C14H15ClN2O3S. The lowest BCUT2D eigenvalue weighted by atomic mass is 10.3. The van der Waals surface area contributed by atoms with Gasteiger partial charge in [-0.3, -0.25) is 10.1 Å². The second-order valence-electron chi connectivity index (χ2n) is 4.42. The van der Waals surface area contributed by atoms with Gasteiger partial charge in [0.2, 0.25) is 0 Å². The lowest BCUT2D eigenvalue weighted by Gasteiger charge is -2.06. The number of nitrogens with one attached hydrogen (secondary N) is 1. The number of aromatic nitrogens is 1. The quantitative estimate of drug-likeness (QED) is 0.818. The minimum atomic E-state index is -0.878. The smallest absolute Gasteiger partial charge is 0.320 e. The van der Waals surface area contributed by atoms with Gasteiger partial charge in [0.1, 0.15) is 23.4 Å². The summed E-state index contributed by atoms with van der Waals surface area (Å²) in [6.07, 6.45) is 0. The molecular weight excluding hydrogens is 312 g/mol. The number of nitrogens with zero attached hydrogens (tertiary/aromatic N) is 1. The van der Waals surface area contributed by atoms with Crippen molar-refractivity contribution in [3.8, 4) is 5.75 Å². The Morgan fingerprint density at radius 1 is 1.48 bits per heavy atom. The summed E-state index contributed by atoms with van der Waals surface area (Å²) in [5.41, 5.74) is 0.808. The maximum absolute atomic E-state index is 10.7. The Balaban J connectivity index is 1.82. The van der Waals surface area contributed by atoms with Gasteiger partial charge in [0.05, 0.1) is 5.69 Å². The van der Waals surface area contributed by atoms with Crippen LogP contribution >= 0.6 is 22.9 Å². The lowest BCUT2D eigenvalue weighted by molar-refractivity contribution is -0.139. The van der Waals surface area contributed by atoms with Gasteiger partial charge in [0.25, 0.3) is 0 Å². The van der Waals surface area contributed by atoms with Crippen molar-refractivity contribution in [3.05, 3.63) is 45.4 Å². The number of carboxylic acids is 1. The molecule has 1 aromatic heterocycles. The Hall–Kier alpha value is -1.63. The topological polar surface area (TPSA) is 71.5 Å². The Morgan fingerprint density at radius 2 is 2.19 bits per heavy atom. The first-order valence-corrected chi connectivity index (χ1v) is 7.58. The standard InChI is InChI=1S/C14H15ClN2O3S/c1-9(14(18)19)16-6-11-8-21-13(17-11)7-20-12-4-2-10(15)3-5-12/h2-5,8-9,16H,6-7H2,1H3,(H,18,19). The van der Waals surface area contributed by atoms with Crippen LogP contribution in [0.25, 0.3) is 0 Å². The van der Waals surface area contributed by atoms with Gasteiger partial charge in [-0.2, -0.15) is 0 Å². The molecule has 112 valence electrons. The molecule has 0 aliphatic carbocycles. The summed E-state index contributed by atoms with van der Waals surface area (Å²) in [5, 5.41) is 15.1. The van der Waals surface area contributed by atoms with Crippen molar-refractivity contribution in [2.24, 2.45) is 0 Å². The Labute approximate surface area is 131 Å².